The number of fused-ring (bicyclic) bond motifs is 10. The number of benzene rings is 7. The first-order valence-electron chi connectivity index (χ1n) is 18.4. The van der Waals surface area contributed by atoms with Crippen LogP contribution in [0.5, 0.6) is 0 Å². The third kappa shape index (κ3) is 4.58. The van der Waals surface area contributed by atoms with Gasteiger partial charge in [-0.2, -0.15) is 0 Å². The van der Waals surface area contributed by atoms with E-state index in [1.165, 1.54) is 54.8 Å². The van der Waals surface area contributed by atoms with Gasteiger partial charge in [0.1, 0.15) is 0 Å². The molecular weight excluding hydrogens is 645 g/mol. The largest absolute Gasteiger partial charge is 0.309 e. The van der Waals surface area contributed by atoms with Gasteiger partial charge in [-0.3, -0.25) is 0 Å². The van der Waals surface area contributed by atoms with E-state index in [0.29, 0.717) is 17.5 Å². The minimum absolute atomic E-state index is 0.137. The van der Waals surface area contributed by atoms with E-state index >= 15 is 0 Å². The summed E-state index contributed by atoms with van der Waals surface area (Å²) in [6, 6.07) is 56.0. The van der Waals surface area contributed by atoms with Crippen LogP contribution >= 0.6 is 0 Å². The van der Waals surface area contributed by atoms with Crippen molar-refractivity contribution >= 4 is 32.6 Å². The molecule has 53 heavy (non-hydrogen) atoms. The molecule has 10 rings (SSSR count). The maximum atomic E-state index is 5.09. The van der Waals surface area contributed by atoms with Crippen LogP contribution in [0.3, 0.4) is 0 Å². The third-order valence-corrected chi connectivity index (χ3v) is 11.9. The fourth-order valence-electron chi connectivity index (χ4n) is 8.70. The molecule has 0 spiro atoms. The van der Waals surface area contributed by atoms with Gasteiger partial charge in [0.25, 0.3) is 0 Å². The molecule has 2 aromatic heterocycles. The van der Waals surface area contributed by atoms with Gasteiger partial charge in [0.15, 0.2) is 17.5 Å². The van der Waals surface area contributed by atoms with Crippen LogP contribution in [-0.2, 0) is 10.8 Å². The summed E-state index contributed by atoms with van der Waals surface area (Å²) >= 11 is 0. The molecule has 0 unspecified atom stereocenters. The predicted molar refractivity (Wildman–Crippen MR) is 219 cm³/mol. The van der Waals surface area contributed by atoms with Gasteiger partial charge in [-0.25, -0.2) is 15.0 Å². The predicted octanol–water partition coefficient (Wildman–Crippen LogP) is 12.4. The molecule has 0 saturated heterocycles. The molecule has 4 nitrogen and oxygen atoms in total. The molecule has 254 valence electrons. The van der Waals surface area contributed by atoms with Gasteiger partial charge in [0.05, 0.1) is 11.0 Å². The van der Waals surface area contributed by atoms with Crippen molar-refractivity contribution in [1.29, 1.82) is 0 Å². The Balaban J connectivity index is 1.30. The molecule has 7 aromatic carbocycles. The molecule has 1 aliphatic carbocycles. The van der Waals surface area contributed by atoms with Gasteiger partial charge in [-0.05, 0) is 56.6 Å². The summed E-state index contributed by atoms with van der Waals surface area (Å²) < 4.78 is 2.50. The Morgan fingerprint density at radius 2 is 0.981 bits per heavy atom. The molecule has 0 N–H and O–H groups in total. The molecular formula is C49H38N4. The molecule has 0 bridgehead atoms. The average Bonchev–Trinajstić information content (AvgIpc) is 3.55. The Hall–Kier alpha value is -6.39. The smallest absolute Gasteiger partial charge is 0.164 e. The van der Waals surface area contributed by atoms with E-state index in [-0.39, 0.29) is 10.8 Å². The highest BCUT2D eigenvalue weighted by molar-refractivity contribution is 6.26. The van der Waals surface area contributed by atoms with Crippen molar-refractivity contribution in [3.8, 4) is 51.0 Å². The number of hydrogen-bond acceptors (Lipinski definition) is 3. The fourth-order valence-corrected chi connectivity index (χ4v) is 8.70. The SMILES string of the molecule is CC1(C)c2ccccc2-c2c(c3c(c4ccccc24)c2ccccc2n3-c2cccc(-c3nc(-c4ccccc4)nc(-c4ccccc4)n3)c2)C1(C)C. The lowest BCUT2D eigenvalue weighted by atomic mass is 9.54. The second-order valence-electron chi connectivity index (χ2n) is 15.3. The number of hydrogen-bond donors (Lipinski definition) is 0. The van der Waals surface area contributed by atoms with Crippen LogP contribution in [0, 0.1) is 0 Å². The van der Waals surface area contributed by atoms with Gasteiger partial charge < -0.3 is 4.57 Å². The minimum atomic E-state index is -0.216. The van der Waals surface area contributed by atoms with Crippen molar-refractivity contribution in [2.75, 3.05) is 0 Å². The van der Waals surface area contributed by atoms with Gasteiger partial charge in [0.2, 0.25) is 0 Å². The van der Waals surface area contributed by atoms with Crippen LogP contribution in [0.25, 0.3) is 83.6 Å². The zero-order valence-electron chi connectivity index (χ0n) is 30.3. The summed E-state index contributed by atoms with van der Waals surface area (Å²) in [5.74, 6) is 1.95. The number of nitrogens with zero attached hydrogens (tertiary/aromatic N) is 4. The molecule has 0 amide bonds. The zero-order valence-corrected chi connectivity index (χ0v) is 30.3. The van der Waals surface area contributed by atoms with Gasteiger partial charge >= 0.3 is 0 Å². The van der Waals surface area contributed by atoms with Crippen LogP contribution in [0.1, 0.15) is 38.8 Å². The normalized spacial score (nSPS) is 14.3. The average molecular weight is 683 g/mol. The monoisotopic (exact) mass is 682 g/mol. The van der Waals surface area contributed by atoms with Crippen molar-refractivity contribution in [3.05, 3.63) is 169 Å². The summed E-state index contributed by atoms with van der Waals surface area (Å²) in [4.78, 5) is 15.1. The summed E-state index contributed by atoms with van der Waals surface area (Å²) in [5, 5.41) is 5.11. The lowest BCUT2D eigenvalue weighted by molar-refractivity contribution is 0.301. The van der Waals surface area contributed by atoms with E-state index in [9.17, 15) is 0 Å². The van der Waals surface area contributed by atoms with E-state index in [1.807, 2.05) is 36.4 Å². The standard InChI is InChI=1S/C49H38N4/c1-48(2)39-28-15-13-26-37(39)41-35-24-11-12-25-36(35)42-38-27-14-16-29-40(38)53(44(42)43(41)49(48,3)4)34-23-17-22-33(30-34)47-51-45(31-18-7-5-8-19-31)50-46(52-47)32-20-9-6-10-21-32/h5-30H,1-4H3. The summed E-state index contributed by atoms with van der Waals surface area (Å²) in [5.41, 5.74) is 11.4. The molecule has 0 fully saturated rings. The lowest BCUT2D eigenvalue weighted by Gasteiger charge is -2.49. The molecule has 0 atom stereocenters. The molecule has 9 aromatic rings. The van der Waals surface area contributed by atoms with Gasteiger partial charge in [0, 0.05) is 38.6 Å². The zero-order chi connectivity index (χ0) is 35.9. The Kier molecular flexibility index (Phi) is 6.84. The first kappa shape index (κ1) is 31.4. The second kappa shape index (κ2) is 11.6. The van der Waals surface area contributed by atoms with Gasteiger partial charge in [-0.15, -0.1) is 0 Å². The quantitative estimate of drug-likeness (QED) is 0.186. The van der Waals surface area contributed by atoms with Crippen molar-refractivity contribution in [2.24, 2.45) is 0 Å². The molecule has 0 aliphatic heterocycles. The van der Waals surface area contributed by atoms with E-state index < -0.39 is 0 Å². The summed E-state index contributed by atoms with van der Waals surface area (Å²) in [7, 11) is 0. The highest BCUT2D eigenvalue weighted by Gasteiger charge is 2.48. The van der Waals surface area contributed by atoms with E-state index in [0.717, 1.165) is 22.4 Å². The lowest BCUT2D eigenvalue weighted by Crippen LogP contribution is -2.44. The van der Waals surface area contributed by atoms with E-state index in [1.54, 1.807) is 0 Å². The van der Waals surface area contributed by atoms with Crippen LogP contribution in [0.4, 0.5) is 0 Å². The molecule has 1 aliphatic rings. The van der Waals surface area contributed by atoms with Crippen LogP contribution in [-0.4, -0.2) is 19.5 Å². The number of rotatable bonds is 4. The van der Waals surface area contributed by atoms with Gasteiger partial charge in [-0.1, -0.05) is 167 Å². The Morgan fingerprint density at radius 3 is 1.66 bits per heavy atom. The molecule has 0 saturated carbocycles. The minimum Gasteiger partial charge on any atom is -0.309 e. The first-order chi connectivity index (χ1) is 25.8. The Morgan fingerprint density at radius 1 is 0.453 bits per heavy atom. The van der Waals surface area contributed by atoms with Crippen LogP contribution in [0.2, 0.25) is 0 Å². The van der Waals surface area contributed by atoms with Crippen LogP contribution in [0.15, 0.2) is 158 Å². The van der Waals surface area contributed by atoms with Crippen molar-refractivity contribution in [3.63, 3.8) is 0 Å². The Bertz CT molecular complexity index is 2820. The second-order valence-corrected chi connectivity index (χ2v) is 15.3. The molecule has 4 heteroatoms. The first-order valence-corrected chi connectivity index (χ1v) is 18.4. The molecule has 2 heterocycles. The van der Waals surface area contributed by atoms with E-state index in [2.05, 4.69) is 154 Å². The highest BCUT2D eigenvalue weighted by atomic mass is 15.0. The van der Waals surface area contributed by atoms with Crippen molar-refractivity contribution < 1.29 is 0 Å². The Labute approximate surface area is 309 Å². The summed E-state index contributed by atoms with van der Waals surface area (Å²) in [6.07, 6.45) is 0. The number of aromatic nitrogens is 4. The summed E-state index contributed by atoms with van der Waals surface area (Å²) in [6.45, 7) is 9.71. The number of para-hydroxylation sites is 1. The molecule has 0 radical (unpaired) electrons. The third-order valence-electron chi connectivity index (χ3n) is 11.9. The van der Waals surface area contributed by atoms with Crippen LogP contribution < -0.4 is 0 Å². The topological polar surface area (TPSA) is 43.6 Å². The van der Waals surface area contributed by atoms with E-state index in [4.69, 9.17) is 15.0 Å². The van der Waals surface area contributed by atoms with Crippen molar-refractivity contribution in [1.82, 2.24) is 19.5 Å². The maximum absolute atomic E-state index is 5.09. The highest BCUT2D eigenvalue weighted by Crippen LogP contribution is 2.59. The maximum Gasteiger partial charge on any atom is 0.164 e. The van der Waals surface area contributed by atoms with Crippen molar-refractivity contribution in [2.45, 2.75) is 38.5 Å². The fraction of sp³-hybridized carbons (Fsp3) is 0.122.